The van der Waals surface area contributed by atoms with Gasteiger partial charge in [-0.2, -0.15) is 0 Å². The molecule has 3 rings (SSSR count). The Morgan fingerprint density at radius 2 is 1.92 bits per heavy atom. The second-order valence-electron chi connectivity index (χ2n) is 6.65. The molecule has 138 valence electrons. The molecular weight excluding hydrogens is 352 g/mol. The van der Waals surface area contributed by atoms with Gasteiger partial charge in [-0.1, -0.05) is 25.1 Å². The predicted molar refractivity (Wildman–Crippen MR) is 101 cm³/mol. The van der Waals surface area contributed by atoms with E-state index in [2.05, 4.69) is 16.5 Å². The fourth-order valence-corrected chi connectivity index (χ4v) is 4.32. The van der Waals surface area contributed by atoms with Gasteiger partial charge in [-0.15, -0.1) is 0 Å². The first-order chi connectivity index (χ1) is 12.4. The lowest BCUT2D eigenvalue weighted by Crippen LogP contribution is -2.35. The molecule has 2 N–H and O–H groups in total. The molecule has 26 heavy (non-hydrogen) atoms. The van der Waals surface area contributed by atoms with E-state index >= 15 is 0 Å². The number of rotatable bonds is 5. The van der Waals surface area contributed by atoms with Gasteiger partial charge in [-0.3, -0.25) is 4.72 Å². The van der Waals surface area contributed by atoms with Crippen LogP contribution in [-0.2, 0) is 10.0 Å². The number of hydrogen-bond acceptors (Lipinski definition) is 4. The van der Waals surface area contributed by atoms with Crippen LogP contribution in [0.5, 0.6) is 0 Å². The molecule has 2 aromatic rings. The van der Waals surface area contributed by atoms with Gasteiger partial charge in [0, 0.05) is 13.1 Å². The number of nitrogens with zero attached hydrogens (tertiary/aromatic N) is 1. The highest BCUT2D eigenvalue weighted by Gasteiger charge is 2.23. The van der Waals surface area contributed by atoms with Crippen LogP contribution in [0.3, 0.4) is 0 Å². The van der Waals surface area contributed by atoms with Gasteiger partial charge in [-0.25, -0.2) is 13.2 Å². The van der Waals surface area contributed by atoms with Gasteiger partial charge in [0.05, 0.1) is 21.8 Å². The Hall–Kier alpha value is -2.54. The van der Waals surface area contributed by atoms with Crippen molar-refractivity contribution in [1.29, 1.82) is 0 Å². The van der Waals surface area contributed by atoms with E-state index in [0.29, 0.717) is 17.3 Å². The van der Waals surface area contributed by atoms with E-state index in [1.165, 1.54) is 24.3 Å². The van der Waals surface area contributed by atoms with E-state index in [1.807, 2.05) is 0 Å². The van der Waals surface area contributed by atoms with Gasteiger partial charge in [-0.05, 0) is 49.1 Å². The highest BCUT2D eigenvalue weighted by atomic mass is 32.2. The van der Waals surface area contributed by atoms with Gasteiger partial charge in [0.2, 0.25) is 0 Å². The summed E-state index contributed by atoms with van der Waals surface area (Å²) in [5.74, 6) is -0.592. The molecule has 1 atom stereocenters. The van der Waals surface area contributed by atoms with Crippen molar-refractivity contribution in [2.75, 3.05) is 22.7 Å². The van der Waals surface area contributed by atoms with E-state index in [9.17, 15) is 18.3 Å². The number of nitrogens with one attached hydrogen (secondary N) is 1. The van der Waals surface area contributed by atoms with E-state index < -0.39 is 16.0 Å². The van der Waals surface area contributed by atoms with Crippen LogP contribution < -0.4 is 9.62 Å². The van der Waals surface area contributed by atoms with E-state index in [1.54, 1.807) is 24.3 Å². The Bertz CT molecular complexity index is 897. The first-order valence-corrected chi connectivity index (χ1v) is 10.1. The maximum Gasteiger partial charge on any atom is 0.335 e. The molecule has 0 aromatic heterocycles. The third kappa shape index (κ3) is 3.99. The summed E-state index contributed by atoms with van der Waals surface area (Å²) in [7, 11) is -3.80. The molecule has 1 aliphatic heterocycles. The molecule has 0 saturated carbocycles. The largest absolute Gasteiger partial charge is 0.478 e. The highest BCUT2D eigenvalue weighted by Crippen LogP contribution is 2.32. The smallest absolute Gasteiger partial charge is 0.335 e. The zero-order chi connectivity index (χ0) is 18.7. The summed E-state index contributed by atoms with van der Waals surface area (Å²) in [6.45, 7) is 3.79. The Balaban J connectivity index is 2.00. The van der Waals surface area contributed by atoms with Crippen molar-refractivity contribution >= 4 is 27.4 Å². The maximum absolute atomic E-state index is 12.7. The number of anilines is 2. The minimum absolute atomic E-state index is 0.0459. The van der Waals surface area contributed by atoms with Gasteiger partial charge < -0.3 is 10.0 Å². The number of piperidine rings is 1. The minimum Gasteiger partial charge on any atom is -0.478 e. The molecule has 0 aliphatic carbocycles. The van der Waals surface area contributed by atoms with E-state index in [4.69, 9.17) is 0 Å². The molecule has 1 unspecified atom stereocenters. The SMILES string of the molecule is CC1CCCN(c2ccc(C(=O)O)cc2NS(=O)(=O)c2ccccc2)C1. The minimum atomic E-state index is -3.80. The van der Waals surface area contributed by atoms with Crippen molar-refractivity contribution in [3.8, 4) is 0 Å². The number of benzene rings is 2. The molecule has 1 heterocycles. The third-order valence-corrected chi connectivity index (χ3v) is 5.92. The van der Waals surface area contributed by atoms with Crippen molar-refractivity contribution in [3.05, 3.63) is 54.1 Å². The topological polar surface area (TPSA) is 86.7 Å². The molecule has 1 aliphatic rings. The second kappa shape index (κ2) is 7.37. The summed E-state index contributed by atoms with van der Waals surface area (Å²) in [6.07, 6.45) is 2.15. The van der Waals surface area contributed by atoms with Crippen molar-refractivity contribution in [2.45, 2.75) is 24.7 Å². The Morgan fingerprint density at radius 1 is 1.19 bits per heavy atom. The molecule has 0 amide bonds. The monoisotopic (exact) mass is 374 g/mol. The summed E-state index contributed by atoms with van der Waals surface area (Å²) in [6, 6.07) is 12.6. The summed E-state index contributed by atoms with van der Waals surface area (Å²) in [4.78, 5) is 13.6. The normalized spacial score (nSPS) is 17.7. The number of carboxylic acids is 1. The molecule has 0 radical (unpaired) electrons. The zero-order valence-electron chi connectivity index (χ0n) is 14.6. The molecular formula is C19H22N2O4S. The van der Waals surface area contributed by atoms with Crippen molar-refractivity contribution in [3.63, 3.8) is 0 Å². The van der Waals surface area contributed by atoms with Gasteiger partial charge in [0.1, 0.15) is 0 Å². The van der Waals surface area contributed by atoms with Crippen LogP contribution in [0, 0.1) is 5.92 Å². The molecule has 1 saturated heterocycles. The van der Waals surface area contributed by atoms with E-state index in [0.717, 1.165) is 25.9 Å². The van der Waals surface area contributed by atoms with Crippen LogP contribution in [-0.4, -0.2) is 32.6 Å². The first-order valence-electron chi connectivity index (χ1n) is 8.57. The Morgan fingerprint density at radius 3 is 2.58 bits per heavy atom. The molecule has 2 aromatic carbocycles. The average Bonchev–Trinajstić information content (AvgIpc) is 2.62. The van der Waals surface area contributed by atoms with Gasteiger partial charge in [0.25, 0.3) is 10.0 Å². The van der Waals surface area contributed by atoms with Crippen molar-refractivity contribution in [1.82, 2.24) is 0 Å². The Kier molecular flexibility index (Phi) is 5.18. The van der Waals surface area contributed by atoms with Gasteiger partial charge >= 0.3 is 5.97 Å². The van der Waals surface area contributed by atoms with Crippen LogP contribution in [0.4, 0.5) is 11.4 Å². The summed E-state index contributed by atoms with van der Waals surface area (Å²) < 4.78 is 28.0. The maximum atomic E-state index is 12.7. The van der Waals surface area contributed by atoms with Gasteiger partial charge in [0.15, 0.2) is 0 Å². The molecule has 6 nitrogen and oxygen atoms in total. The van der Waals surface area contributed by atoms with Crippen LogP contribution in [0.15, 0.2) is 53.4 Å². The zero-order valence-corrected chi connectivity index (χ0v) is 15.4. The lowest BCUT2D eigenvalue weighted by atomic mass is 9.99. The summed E-state index contributed by atoms with van der Waals surface area (Å²) in [5, 5.41) is 9.28. The van der Waals surface area contributed by atoms with Crippen molar-refractivity contribution < 1.29 is 18.3 Å². The number of carbonyl (C=O) groups is 1. The number of hydrogen-bond donors (Lipinski definition) is 2. The van der Waals surface area contributed by atoms with Crippen LogP contribution in [0.1, 0.15) is 30.1 Å². The first kappa shape index (κ1) is 18.3. The molecule has 0 bridgehead atoms. The predicted octanol–water partition coefficient (Wildman–Crippen LogP) is 3.42. The lowest BCUT2D eigenvalue weighted by Gasteiger charge is -2.34. The standard InChI is InChI=1S/C19H22N2O4S/c1-14-6-5-11-21(13-14)18-10-9-15(19(22)23)12-17(18)20-26(24,25)16-7-3-2-4-8-16/h2-4,7-10,12,14,20H,5-6,11,13H2,1H3,(H,22,23). The van der Waals surface area contributed by atoms with Crippen molar-refractivity contribution in [2.24, 2.45) is 5.92 Å². The third-order valence-electron chi connectivity index (χ3n) is 4.54. The number of aromatic carboxylic acids is 1. The fraction of sp³-hybridized carbons (Fsp3) is 0.316. The summed E-state index contributed by atoms with van der Waals surface area (Å²) in [5.41, 5.74) is 1.05. The molecule has 0 spiro atoms. The summed E-state index contributed by atoms with van der Waals surface area (Å²) >= 11 is 0. The number of sulfonamides is 1. The lowest BCUT2D eigenvalue weighted by molar-refractivity contribution is 0.0697. The Labute approximate surface area is 153 Å². The van der Waals surface area contributed by atoms with Crippen LogP contribution in [0.2, 0.25) is 0 Å². The van der Waals surface area contributed by atoms with E-state index in [-0.39, 0.29) is 10.5 Å². The second-order valence-corrected chi connectivity index (χ2v) is 8.33. The molecule has 7 heteroatoms. The van der Waals surface area contributed by atoms with Crippen LogP contribution >= 0.6 is 0 Å². The quantitative estimate of drug-likeness (QED) is 0.837. The molecule has 1 fully saturated rings. The fourth-order valence-electron chi connectivity index (χ4n) is 3.24. The highest BCUT2D eigenvalue weighted by molar-refractivity contribution is 7.92. The average molecular weight is 374 g/mol. The number of carboxylic acid groups (broad SMARTS) is 1. The van der Waals surface area contributed by atoms with Crippen LogP contribution in [0.25, 0.3) is 0 Å².